The van der Waals surface area contributed by atoms with Crippen molar-refractivity contribution in [2.24, 2.45) is 0 Å². The van der Waals surface area contributed by atoms with Crippen LogP contribution in [0.4, 0.5) is 4.39 Å². The van der Waals surface area contributed by atoms with Gasteiger partial charge in [-0.15, -0.1) is 0 Å². The van der Waals surface area contributed by atoms with E-state index in [4.69, 9.17) is 39.9 Å². The topological polar surface area (TPSA) is 20.2 Å². The Kier molecular flexibility index (Phi) is 3.41. The molecule has 0 saturated carbocycles. The van der Waals surface area contributed by atoms with E-state index in [9.17, 15) is 4.39 Å². The van der Waals surface area contributed by atoms with E-state index in [2.05, 4.69) is 0 Å². The molecule has 0 amide bonds. The van der Waals surface area contributed by atoms with Crippen molar-refractivity contribution in [2.45, 2.75) is 10.4 Å². The average molecular weight is 243 g/mol. The molecule has 1 aromatic carbocycles. The number of hydrogen-bond donors (Lipinski definition) is 1. The number of alkyl halides is 3. The molecule has 1 aromatic rings. The summed E-state index contributed by atoms with van der Waals surface area (Å²) in [5.74, 6) is -0.633. The summed E-state index contributed by atoms with van der Waals surface area (Å²) in [4.78, 5) is 0. The number of benzene rings is 1. The van der Waals surface area contributed by atoms with Gasteiger partial charge in [0.05, 0.1) is 6.61 Å². The van der Waals surface area contributed by atoms with E-state index in [1.54, 1.807) is 0 Å². The van der Waals surface area contributed by atoms with E-state index in [-0.39, 0.29) is 12.2 Å². The predicted molar refractivity (Wildman–Crippen MR) is 51.6 cm³/mol. The van der Waals surface area contributed by atoms with Gasteiger partial charge < -0.3 is 5.11 Å². The second kappa shape index (κ2) is 4.01. The lowest BCUT2D eigenvalue weighted by molar-refractivity contribution is 0.281. The first-order valence-electron chi connectivity index (χ1n) is 3.41. The minimum Gasteiger partial charge on any atom is -0.392 e. The van der Waals surface area contributed by atoms with E-state index in [0.717, 1.165) is 6.07 Å². The van der Waals surface area contributed by atoms with Crippen LogP contribution in [0.3, 0.4) is 0 Å². The fraction of sp³-hybridized carbons (Fsp3) is 0.250. The molecule has 13 heavy (non-hydrogen) atoms. The largest absolute Gasteiger partial charge is 0.392 e. The molecule has 0 fully saturated rings. The maximum absolute atomic E-state index is 13.2. The monoisotopic (exact) mass is 242 g/mol. The average Bonchev–Trinajstić information content (AvgIpc) is 2.01. The van der Waals surface area contributed by atoms with Gasteiger partial charge in [0, 0.05) is 5.56 Å². The van der Waals surface area contributed by atoms with Crippen molar-refractivity contribution < 1.29 is 9.50 Å². The molecule has 0 aliphatic heterocycles. The summed E-state index contributed by atoms with van der Waals surface area (Å²) in [6, 6.07) is 3.98. The van der Waals surface area contributed by atoms with Crippen molar-refractivity contribution in [1.29, 1.82) is 0 Å². The van der Waals surface area contributed by atoms with Gasteiger partial charge in [0.1, 0.15) is 5.82 Å². The fourth-order valence-electron chi connectivity index (χ4n) is 0.887. The van der Waals surface area contributed by atoms with Crippen LogP contribution in [0.25, 0.3) is 0 Å². The smallest absolute Gasteiger partial charge is 0.218 e. The van der Waals surface area contributed by atoms with E-state index in [1.165, 1.54) is 12.1 Å². The zero-order valence-corrected chi connectivity index (χ0v) is 8.67. The van der Waals surface area contributed by atoms with Gasteiger partial charge in [0.15, 0.2) is 0 Å². The molecule has 0 heterocycles. The molecule has 1 nitrogen and oxygen atoms in total. The highest BCUT2D eigenvalue weighted by atomic mass is 35.6. The number of halogens is 4. The molecule has 0 saturated heterocycles. The standard InChI is InChI=1S/C8H6Cl3FO/c9-8(10,11)6-2-1-5(4-13)3-7(6)12/h1-3,13H,4H2. The Bertz CT molecular complexity index is 309. The van der Waals surface area contributed by atoms with Crippen molar-refractivity contribution in [3.63, 3.8) is 0 Å². The molecule has 1 rings (SSSR count). The van der Waals surface area contributed by atoms with Crippen LogP contribution >= 0.6 is 34.8 Å². The molecule has 0 aromatic heterocycles. The second-order valence-corrected chi connectivity index (χ2v) is 4.75. The molecule has 0 aliphatic rings. The molecule has 5 heteroatoms. The third-order valence-electron chi connectivity index (χ3n) is 1.52. The quantitative estimate of drug-likeness (QED) is 0.751. The minimum atomic E-state index is -1.77. The summed E-state index contributed by atoms with van der Waals surface area (Å²) in [6.45, 7) is -0.239. The van der Waals surface area contributed by atoms with Crippen LogP contribution in [0.15, 0.2) is 18.2 Å². The lowest BCUT2D eigenvalue weighted by atomic mass is 10.1. The van der Waals surface area contributed by atoms with Crippen LogP contribution in [-0.2, 0) is 10.4 Å². The minimum absolute atomic E-state index is 0.0188. The number of aliphatic hydroxyl groups excluding tert-OH is 1. The molecule has 0 atom stereocenters. The second-order valence-electron chi connectivity index (χ2n) is 2.47. The Labute approximate surface area is 90.0 Å². The summed E-state index contributed by atoms with van der Waals surface area (Å²) in [5.41, 5.74) is 0.421. The van der Waals surface area contributed by atoms with Crippen LogP contribution in [0, 0.1) is 5.82 Å². The van der Waals surface area contributed by atoms with Crippen molar-refractivity contribution in [1.82, 2.24) is 0 Å². The van der Waals surface area contributed by atoms with Crippen molar-refractivity contribution in [3.05, 3.63) is 35.1 Å². The first kappa shape index (κ1) is 11.1. The highest BCUT2D eigenvalue weighted by Gasteiger charge is 2.26. The summed E-state index contributed by atoms with van der Waals surface area (Å²) < 4.78 is 11.4. The number of rotatable bonds is 1. The van der Waals surface area contributed by atoms with Gasteiger partial charge >= 0.3 is 0 Å². The van der Waals surface area contributed by atoms with Gasteiger partial charge in [-0.3, -0.25) is 0 Å². The lowest BCUT2D eigenvalue weighted by Gasteiger charge is -2.12. The molecule has 0 spiro atoms. The summed E-state index contributed by atoms with van der Waals surface area (Å²) in [6.07, 6.45) is 0. The molecule has 0 unspecified atom stereocenters. The SMILES string of the molecule is OCc1ccc(C(Cl)(Cl)Cl)c(F)c1. The van der Waals surface area contributed by atoms with Crippen molar-refractivity contribution in [2.75, 3.05) is 0 Å². The van der Waals surface area contributed by atoms with E-state index >= 15 is 0 Å². The highest BCUT2D eigenvalue weighted by molar-refractivity contribution is 6.66. The molecule has 72 valence electrons. The van der Waals surface area contributed by atoms with Gasteiger partial charge in [0.25, 0.3) is 0 Å². The third kappa shape index (κ3) is 2.71. The Balaban J connectivity index is 3.13. The van der Waals surface area contributed by atoms with Crippen molar-refractivity contribution in [3.8, 4) is 0 Å². The van der Waals surface area contributed by atoms with Gasteiger partial charge in [-0.25, -0.2) is 4.39 Å². The maximum atomic E-state index is 13.2. The van der Waals surface area contributed by atoms with Crippen LogP contribution < -0.4 is 0 Å². The van der Waals surface area contributed by atoms with Crippen LogP contribution in [-0.4, -0.2) is 5.11 Å². The zero-order chi connectivity index (χ0) is 10.1. The molecule has 0 bridgehead atoms. The third-order valence-corrected chi connectivity index (χ3v) is 2.13. The maximum Gasteiger partial charge on any atom is 0.218 e. The first-order valence-corrected chi connectivity index (χ1v) is 4.55. The first-order chi connectivity index (χ1) is 5.95. The number of hydrogen-bond acceptors (Lipinski definition) is 1. The summed E-state index contributed by atoms with van der Waals surface area (Å²) in [7, 11) is 0. The Hall–Kier alpha value is -0.0200. The van der Waals surface area contributed by atoms with Crippen LogP contribution in [0.5, 0.6) is 0 Å². The highest BCUT2D eigenvalue weighted by Crippen LogP contribution is 2.39. The van der Waals surface area contributed by atoms with Gasteiger partial charge in [-0.1, -0.05) is 46.9 Å². The summed E-state index contributed by atoms with van der Waals surface area (Å²) >= 11 is 16.5. The molecular weight excluding hydrogens is 237 g/mol. The van der Waals surface area contributed by atoms with E-state index in [1.807, 2.05) is 0 Å². The van der Waals surface area contributed by atoms with Gasteiger partial charge in [-0.2, -0.15) is 0 Å². The van der Waals surface area contributed by atoms with Gasteiger partial charge in [0.2, 0.25) is 3.79 Å². The number of aliphatic hydroxyl groups is 1. The fourth-order valence-corrected chi connectivity index (χ4v) is 1.35. The Morgan fingerprint density at radius 2 is 1.92 bits per heavy atom. The van der Waals surface area contributed by atoms with E-state index in [0.29, 0.717) is 5.56 Å². The van der Waals surface area contributed by atoms with Crippen molar-refractivity contribution >= 4 is 34.8 Å². The van der Waals surface area contributed by atoms with Gasteiger partial charge in [-0.05, 0) is 11.6 Å². The molecule has 0 aliphatic carbocycles. The predicted octanol–water partition coefficient (Wildman–Crippen LogP) is 3.14. The molecular formula is C8H6Cl3FO. The zero-order valence-electron chi connectivity index (χ0n) is 6.40. The molecule has 0 radical (unpaired) electrons. The van der Waals surface area contributed by atoms with Crippen LogP contribution in [0.2, 0.25) is 0 Å². The Morgan fingerprint density at radius 3 is 2.31 bits per heavy atom. The lowest BCUT2D eigenvalue weighted by Crippen LogP contribution is -2.04. The summed E-state index contributed by atoms with van der Waals surface area (Å²) in [5, 5.41) is 8.69. The van der Waals surface area contributed by atoms with E-state index < -0.39 is 9.61 Å². The normalized spacial score (nSPS) is 11.8. The van der Waals surface area contributed by atoms with Crippen LogP contribution in [0.1, 0.15) is 11.1 Å². The molecule has 1 N–H and O–H groups in total. The Morgan fingerprint density at radius 1 is 1.31 bits per heavy atom.